The average molecular weight is 411 g/mol. The zero-order valence-corrected chi connectivity index (χ0v) is 15.5. The monoisotopic (exact) mass is 410 g/mol. The summed E-state index contributed by atoms with van der Waals surface area (Å²) in [4.78, 5) is 11.7. The van der Waals surface area contributed by atoms with E-state index in [4.69, 9.17) is 11.6 Å². The zero-order chi connectivity index (χ0) is 18.7. The van der Waals surface area contributed by atoms with Gasteiger partial charge in [-0.2, -0.15) is 11.3 Å². The Morgan fingerprint density at radius 3 is 2.54 bits per heavy atom. The van der Waals surface area contributed by atoms with Gasteiger partial charge in [-0.25, -0.2) is 12.8 Å². The zero-order valence-electron chi connectivity index (χ0n) is 13.1. The molecule has 3 aromatic rings. The second-order valence-electron chi connectivity index (χ2n) is 5.19. The molecule has 9 heteroatoms. The number of sulfonamides is 1. The lowest BCUT2D eigenvalue weighted by atomic mass is 10.2. The standard InChI is InChI=1S/C17H12ClFN2O3S2/c18-12-5-6-14(15(9-12)20-17(22)11-7-8-25-10-11)21-26(23,24)16-4-2-1-3-13(16)19/h1-10,21H,(H,20,22). The van der Waals surface area contributed by atoms with E-state index in [1.165, 1.54) is 41.7 Å². The summed E-state index contributed by atoms with van der Waals surface area (Å²) >= 11 is 7.31. The van der Waals surface area contributed by atoms with Gasteiger partial charge < -0.3 is 5.32 Å². The summed E-state index contributed by atoms with van der Waals surface area (Å²) < 4.78 is 41.1. The van der Waals surface area contributed by atoms with Crippen LogP contribution in [0.25, 0.3) is 0 Å². The number of hydrogen-bond donors (Lipinski definition) is 2. The highest BCUT2D eigenvalue weighted by atomic mass is 35.5. The van der Waals surface area contributed by atoms with Crippen LogP contribution in [-0.4, -0.2) is 14.3 Å². The van der Waals surface area contributed by atoms with Crippen LogP contribution < -0.4 is 10.0 Å². The van der Waals surface area contributed by atoms with Crippen LogP contribution in [0.3, 0.4) is 0 Å². The maximum Gasteiger partial charge on any atom is 0.264 e. The Kier molecular flexibility index (Phi) is 5.26. The van der Waals surface area contributed by atoms with Gasteiger partial charge in [-0.05, 0) is 41.8 Å². The molecule has 0 spiro atoms. The van der Waals surface area contributed by atoms with Crippen LogP contribution in [0.1, 0.15) is 10.4 Å². The number of carbonyl (C=O) groups is 1. The molecule has 0 aliphatic carbocycles. The lowest BCUT2D eigenvalue weighted by Crippen LogP contribution is -2.17. The van der Waals surface area contributed by atoms with Crippen molar-refractivity contribution >= 4 is 50.2 Å². The van der Waals surface area contributed by atoms with Crippen LogP contribution in [0, 0.1) is 5.82 Å². The average Bonchev–Trinajstić information content (AvgIpc) is 3.12. The second kappa shape index (κ2) is 7.45. The molecule has 0 saturated carbocycles. The first kappa shape index (κ1) is 18.4. The van der Waals surface area contributed by atoms with Crippen molar-refractivity contribution in [1.82, 2.24) is 0 Å². The topological polar surface area (TPSA) is 75.3 Å². The van der Waals surface area contributed by atoms with E-state index in [0.717, 1.165) is 12.1 Å². The maximum atomic E-state index is 13.8. The molecule has 0 aliphatic rings. The van der Waals surface area contributed by atoms with Crippen molar-refractivity contribution in [2.75, 3.05) is 10.0 Å². The van der Waals surface area contributed by atoms with Crippen LogP contribution in [0.5, 0.6) is 0 Å². The van der Waals surface area contributed by atoms with E-state index < -0.39 is 26.6 Å². The second-order valence-corrected chi connectivity index (χ2v) is 8.06. The number of benzene rings is 2. The van der Waals surface area contributed by atoms with Gasteiger partial charge >= 0.3 is 0 Å². The summed E-state index contributed by atoms with van der Waals surface area (Å²) in [6, 6.07) is 10.9. The first-order valence-electron chi connectivity index (χ1n) is 7.27. The van der Waals surface area contributed by atoms with Crippen molar-refractivity contribution in [1.29, 1.82) is 0 Å². The number of thiophene rings is 1. The van der Waals surface area contributed by atoms with Gasteiger partial charge in [0.15, 0.2) is 0 Å². The minimum absolute atomic E-state index is 0.0706. The van der Waals surface area contributed by atoms with Gasteiger partial charge in [-0.15, -0.1) is 0 Å². The van der Waals surface area contributed by atoms with Crippen molar-refractivity contribution in [3.63, 3.8) is 0 Å². The Morgan fingerprint density at radius 1 is 1.08 bits per heavy atom. The molecule has 0 bridgehead atoms. The minimum Gasteiger partial charge on any atom is -0.320 e. The predicted octanol–water partition coefficient (Wildman–Crippen LogP) is 4.59. The fourth-order valence-electron chi connectivity index (χ4n) is 2.16. The summed E-state index contributed by atoms with van der Waals surface area (Å²) in [5, 5.41) is 6.31. The van der Waals surface area contributed by atoms with E-state index in [2.05, 4.69) is 10.0 Å². The molecular formula is C17H12ClFN2O3S2. The fourth-order valence-corrected chi connectivity index (χ4v) is 4.13. The van der Waals surface area contributed by atoms with E-state index in [1.807, 2.05) is 0 Å². The first-order valence-corrected chi connectivity index (χ1v) is 10.1. The highest BCUT2D eigenvalue weighted by Crippen LogP contribution is 2.29. The van der Waals surface area contributed by atoms with Gasteiger partial charge in [0.2, 0.25) is 0 Å². The maximum absolute atomic E-state index is 13.8. The molecule has 1 amide bonds. The summed E-state index contributed by atoms with van der Waals surface area (Å²) in [7, 11) is -4.19. The fraction of sp³-hybridized carbons (Fsp3) is 0. The van der Waals surface area contributed by atoms with Crippen molar-refractivity contribution in [3.05, 3.63) is 75.7 Å². The molecule has 2 N–H and O–H groups in total. The number of rotatable bonds is 5. The third kappa shape index (κ3) is 4.04. The van der Waals surface area contributed by atoms with Crippen molar-refractivity contribution < 1.29 is 17.6 Å². The molecule has 5 nitrogen and oxygen atoms in total. The van der Waals surface area contributed by atoms with Crippen molar-refractivity contribution in [3.8, 4) is 0 Å². The Labute approximate surface area is 158 Å². The third-order valence-electron chi connectivity index (χ3n) is 3.38. The number of carbonyl (C=O) groups excluding carboxylic acids is 1. The Balaban J connectivity index is 1.93. The first-order chi connectivity index (χ1) is 12.4. The normalized spacial score (nSPS) is 11.2. The summed E-state index contributed by atoms with van der Waals surface area (Å²) in [6.07, 6.45) is 0. The molecule has 26 heavy (non-hydrogen) atoms. The predicted molar refractivity (Wildman–Crippen MR) is 101 cm³/mol. The lowest BCUT2D eigenvalue weighted by Gasteiger charge is -2.14. The van der Waals surface area contributed by atoms with E-state index in [0.29, 0.717) is 10.6 Å². The summed E-state index contributed by atoms with van der Waals surface area (Å²) in [5.74, 6) is -1.29. The molecule has 3 rings (SSSR count). The highest BCUT2D eigenvalue weighted by molar-refractivity contribution is 7.92. The SMILES string of the molecule is O=C(Nc1cc(Cl)ccc1NS(=O)(=O)c1ccccc1F)c1ccsc1. The van der Waals surface area contributed by atoms with Crippen LogP contribution in [0.2, 0.25) is 5.02 Å². The number of anilines is 2. The van der Waals surface area contributed by atoms with Gasteiger partial charge in [0, 0.05) is 10.4 Å². The van der Waals surface area contributed by atoms with E-state index in [9.17, 15) is 17.6 Å². The number of halogens is 2. The largest absolute Gasteiger partial charge is 0.320 e. The van der Waals surface area contributed by atoms with Crippen LogP contribution in [0.4, 0.5) is 15.8 Å². The lowest BCUT2D eigenvalue weighted by molar-refractivity contribution is 0.102. The number of hydrogen-bond acceptors (Lipinski definition) is 4. The van der Waals surface area contributed by atoms with Crippen molar-refractivity contribution in [2.45, 2.75) is 4.90 Å². The van der Waals surface area contributed by atoms with E-state index >= 15 is 0 Å². The summed E-state index contributed by atoms with van der Waals surface area (Å²) in [6.45, 7) is 0. The Hall–Kier alpha value is -2.42. The molecule has 0 saturated heterocycles. The smallest absolute Gasteiger partial charge is 0.264 e. The van der Waals surface area contributed by atoms with Gasteiger partial charge in [0.25, 0.3) is 15.9 Å². The van der Waals surface area contributed by atoms with Crippen LogP contribution in [0.15, 0.2) is 64.2 Å². The summed E-state index contributed by atoms with van der Waals surface area (Å²) in [5.41, 5.74) is 0.660. The molecule has 0 aliphatic heterocycles. The Bertz CT molecular complexity index is 1050. The van der Waals surface area contributed by atoms with Crippen molar-refractivity contribution in [2.24, 2.45) is 0 Å². The van der Waals surface area contributed by atoms with Gasteiger partial charge in [-0.1, -0.05) is 23.7 Å². The highest BCUT2D eigenvalue weighted by Gasteiger charge is 2.21. The van der Waals surface area contributed by atoms with Crippen LogP contribution in [-0.2, 0) is 10.0 Å². The molecular weight excluding hydrogens is 399 g/mol. The van der Waals surface area contributed by atoms with Gasteiger partial charge in [0.1, 0.15) is 10.7 Å². The quantitative estimate of drug-likeness (QED) is 0.645. The van der Waals surface area contributed by atoms with Gasteiger partial charge in [-0.3, -0.25) is 9.52 Å². The molecule has 1 heterocycles. The molecule has 0 fully saturated rings. The molecule has 2 aromatic carbocycles. The number of nitrogens with one attached hydrogen (secondary N) is 2. The Morgan fingerprint density at radius 2 is 1.85 bits per heavy atom. The molecule has 0 radical (unpaired) electrons. The molecule has 0 atom stereocenters. The van der Waals surface area contributed by atoms with Gasteiger partial charge in [0.05, 0.1) is 16.9 Å². The molecule has 134 valence electrons. The van der Waals surface area contributed by atoms with E-state index in [1.54, 1.807) is 16.8 Å². The van der Waals surface area contributed by atoms with E-state index in [-0.39, 0.29) is 11.4 Å². The molecule has 0 unspecified atom stereocenters. The van der Waals surface area contributed by atoms with Crippen LogP contribution >= 0.6 is 22.9 Å². The molecule has 1 aromatic heterocycles. The minimum atomic E-state index is -4.19. The number of amides is 1. The third-order valence-corrected chi connectivity index (χ3v) is 5.70.